The van der Waals surface area contributed by atoms with E-state index in [1.54, 1.807) is 0 Å². The van der Waals surface area contributed by atoms with Gasteiger partial charge < -0.3 is 0 Å². The fraction of sp³-hybridized carbons (Fsp3) is 0.867. The van der Waals surface area contributed by atoms with Crippen molar-refractivity contribution >= 4 is 7.44 Å². The van der Waals surface area contributed by atoms with Crippen LogP contribution >= 0.6 is 7.44 Å². The van der Waals surface area contributed by atoms with Gasteiger partial charge in [-0.15, -0.1) is 0 Å². The minimum absolute atomic E-state index is 0.837. The van der Waals surface area contributed by atoms with E-state index >= 15 is 0 Å². The van der Waals surface area contributed by atoms with Crippen molar-refractivity contribution < 1.29 is 4.57 Å². The van der Waals surface area contributed by atoms with E-state index in [2.05, 4.69) is 50.0 Å². The zero-order chi connectivity index (χ0) is 14.7. The number of unbranched alkanes of at least 4 members (excludes halogenated alkanes) is 3. The number of hydrogen-bond acceptors (Lipinski definition) is 1. The molecule has 0 bridgehead atoms. The minimum atomic E-state index is -2.50. The zero-order valence-corrected chi connectivity index (χ0v) is 14.5. The smallest absolute Gasteiger partial charge is 0.238 e. The molecule has 0 aliphatic carbocycles. The lowest BCUT2D eigenvalue weighted by Crippen LogP contribution is -2.30. The molecule has 0 saturated carbocycles. The van der Waals surface area contributed by atoms with E-state index < -0.39 is 7.44 Å². The monoisotopic (exact) mass is 288 g/mol. The van der Waals surface area contributed by atoms with Crippen LogP contribution < -0.4 is 0 Å². The third-order valence-corrected chi connectivity index (χ3v) is 6.90. The van der Waals surface area contributed by atoms with Gasteiger partial charge in [-0.3, -0.25) is 4.57 Å². The molecule has 0 atom stereocenters. The lowest BCUT2D eigenvalue weighted by Gasteiger charge is -2.35. The summed E-state index contributed by atoms with van der Waals surface area (Å²) in [5.41, 5.74) is 0. The highest BCUT2D eigenvalue weighted by atomic mass is 31.2. The first-order chi connectivity index (χ1) is 9.10. The molecule has 3 nitrogen and oxygen atoms in total. The van der Waals surface area contributed by atoms with Gasteiger partial charge in [0.15, 0.2) is 0 Å². The molecule has 0 unspecified atom stereocenters. The van der Waals surface area contributed by atoms with Crippen molar-refractivity contribution in [2.45, 2.75) is 60.3 Å². The first kappa shape index (κ1) is 18.9. The van der Waals surface area contributed by atoms with Crippen molar-refractivity contribution in [3.8, 4) is 0 Å². The highest BCUT2D eigenvalue weighted by Gasteiger charge is 2.30. The molecule has 0 amide bonds. The molecule has 0 rings (SSSR count). The predicted octanol–water partition coefficient (Wildman–Crippen LogP) is 4.96. The second kappa shape index (κ2) is 10.7. The molecule has 0 N–H and O–H groups in total. The number of nitrogens with zero attached hydrogens (tertiary/aromatic N) is 2. The average Bonchev–Trinajstić information content (AvgIpc) is 2.41. The van der Waals surface area contributed by atoms with Gasteiger partial charge in [0.05, 0.1) is 0 Å². The largest absolute Gasteiger partial charge is 0.284 e. The Kier molecular flexibility index (Phi) is 10.6. The second-order valence-corrected chi connectivity index (χ2v) is 7.36. The van der Waals surface area contributed by atoms with Crippen molar-refractivity contribution in [2.75, 3.05) is 26.2 Å². The first-order valence-corrected chi connectivity index (χ1v) is 9.56. The Hall–Kier alpha value is -0.110. The van der Waals surface area contributed by atoms with E-state index in [0.29, 0.717) is 0 Å². The maximum atomic E-state index is 13.3. The summed E-state index contributed by atoms with van der Waals surface area (Å²) in [7, 11) is -2.50. The molecular formula is C15H33N2OP. The molecular weight excluding hydrogens is 255 g/mol. The molecule has 0 aliphatic heterocycles. The summed E-state index contributed by atoms with van der Waals surface area (Å²) >= 11 is 0. The van der Waals surface area contributed by atoms with Crippen molar-refractivity contribution in [3.05, 3.63) is 11.9 Å². The Morgan fingerprint density at radius 2 is 1.32 bits per heavy atom. The van der Waals surface area contributed by atoms with E-state index in [1.807, 2.05) is 5.82 Å². The molecule has 114 valence electrons. The Bertz CT molecular complexity index is 268. The van der Waals surface area contributed by atoms with Gasteiger partial charge in [-0.05, 0) is 12.8 Å². The molecule has 0 aromatic rings. The molecule has 0 heterocycles. The highest BCUT2D eigenvalue weighted by molar-refractivity contribution is 7.62. The summed E-state index contributed by atoms with van der Waals surface area (Å²) in [5.74, 6) is 1.99. The molecule has 0 aromatic heterocycles. The standard InChI is InChI=1S/C15H33N2OP/c1-6-11-12-13-14-15-19(18,16(7-2)8-3)17(9-4)10-5/h14-15H,6-13H2,1-5H3. The lowest BCUT2D eigenvalue weighted by atomic mass is 10.2. The third-order valence-electron chi connectivity index (χ3n) is 3.54. The predicted molar refractivity (Wildman–Crippen MR) is 86.7 cm³/mol. The van der Waals surface area contributed by atoms with E-state index in [9.17, 15) is 4.57 Å². The molecule has 0 saturated heterocycles. The van der Waals surface area contributed by atoms with Crippen molar-refractivity contribution in [2.24, 2.45) is 0 Å². The van der Waals surface area contributed by atoms with Gasteiger partial charge in [0.2, 0.25) is 7.44 Å². The highest BCUT2D eigenvalue weighted by Crippen LogP contribution is 2.54. The number of hydrogen-bond donors (Lipinski definition) is 0. The van der Waals surface area contributed by atoms with E-state index in [4.69, 9.17) is 0 Å². The van der Waals surface area contributed by atoms with Crippen molar-refractivity contribution in [1.82, 2.24) is 9.34 Å². The summed E-state index contributed by atoms with van der Waals surface area (Å²) in [5, 5.41) is 0. The van der Waals surface area contributed by atoms with Crippen LogP contribution in [0.15, 0.2) is 11.9 Å². The minimum Gasteiger partial charge on any atom is -0.284 e. The van der Waals surface area contributed by atoms with Crippen molar-refractivity contribution in [3.63, 3.8) is 0 Å². The molecule has 0 aliphatic rings. The summed E-state index contributed by atoms with van der Waals surface area (Å²) in [4.78, 5) is 0. The number of allylic oxidation sites excluding steroid dienone is 1. The lowest BCUT2D eigenvalue weighted by molar-refractivity contribution is 0.368. The first-order valence-electron chi connectivity index (χ1n) is 7.88. The van der Waals surface area contributed by atoms with Crippen LogP contribution in [-0.4, -0.2) is 35.5 Å². The van der Waals surface area contributed by atoms with E-state index in [-0.39, 0.29) is 0 Å². The topological polar surface area (TPSA) is 23.6 Å². The van der Waals surface area contributed by atoms with E-state index in [1.165, 1.54) is 19.3 Å². The van der Waals surface area contributed by atoms with Crippen LogP contribution in [0.4, 0.5) is 0 Å². The quantitative estimate of drug-likeness (QED) is 0.396. The summed E-state index contributed by atoms with van der Waals surface area (Å²) in [6, 6.07) is 0. The Morgan fingerprint density at radius 3 is 1.68 bits per heavy atom. The van der Waals surface area contributed by atoms with Gasteiger partial charge in [-0.2, -0.15) is 0 Å². The van der Waals surface area contributed by atoms with Gasteiger partial charge in [0.25, 0.3) is 0 Å². The van der Waals surface area contributed by atoms with Gasteiger partial charge in [-0.25, -0.2) is 9.34 Å². The Balaban J connectivity index is 4.90. The van der Waals surface area contributed by atoms with Crippen LogP contribution in [0, 0.1) is 0 Å². The molecule has 4 heteroatoms. The van der Waals surface area contributed by atoms with Crippen LogP contribution in [-0.2, 0) is 4.57 Å². The van der Waals surface area contributed by atoms with Crippen LogP contribution in [0.25, 0.3) is 0 Å². The molecule has 19 heavy (non-hydrogen) atoms. The Labute approximate surface area is 120 Å². The van der Waals surface area contributed by atoms with Crippen LogP contribution in [0.1, 0.15) is 60.3 Å². The maximum Gasteiger partial charge on any atom is 0.238 e. The SMILES string of the molecule is CCCCCC=CP(=O)(N(CC)CC)N(CC)CC. The maximum absolute atomic E-state index is 13.3. The summed E-state index contributed by atoms with van der Waals surface area (Å²) < 4.78 is 17.6. The molecule has 0 radical (unpaired) electrons. The van der Waals surface area contributed by atoms with Crippen LogP contribution in [0.3, 0.4) is 0 Å². The van der Waals surface area contributed by atoms with Gasteiger partial charge in [0, 0.05) is 32.0 Å². The Morgan fingerprint density at radius 1 is 0.842 bits per heavy atom. The molecule has 0 spiro atoms. The summed E-state index contributed by atoms with van der Waals surface area (Å²) in [6.45, 7) is 13.9. The van der Waals surface area contributed by atoms with Crippen molar-refractivity contribution in [1.29, 1.82) is 0 Å². The average molecular weight is 288 g/mol. The van der Waals surface area contributed by atoms with Gasteiger partial charge >= 0.3 is 0 Å². The van der Waals surface area contributed by atoms with Gasteiger partial charge in [-0.1, -0.05) is 53.5 Å². The third kappa shape index (κ3) is 5.81. The fourth-order valence-corrected chi connectivity index (χ4v) is 5.13. The number of rotatable bonds is 11. The normalized spacial score (nSPS) is 13.0. The molecule has 0 aromatic carbocycles. The molecule has 0 fully saturated rings. The fourth-order valence-electron chi connectivity index (χ4n) is 2.35. The summed E-state index contributed by atoms with van der Waals surface area (Å²) in [6.07, 6.45) is 6.86. The van der Waals surface area contributed by atoms with Crippen LogP contribution in [0.5, 0.6) is 0 Å². The second-order valence-electron chi connectivity index (χ2n) is 4.75. The van der Waals surface area contributed by atoms with E-state index in [0.717, 1.165) is 32.6 Å². The van der Waals surface area contributed by atoms with Gasteiger partial charge in [0.1, 0.15) is 0 Å². The van der Waals surface area contributed by atoms with Crippen LogP contribution in [0.2, 0.25) is 0 Å². The zero-order valence-electron chi connectivity index (χ0n) is 13.6.